The van der Waals surface area contributed by atoms with Crippen LogP contribution in [0.4, 0.5) is 4.39 Å². The molecule has 2 nitrogen and oxygen atoms in total. The summed E-state index contributed by atoms with van der Waals surface area (Å²) >= 11 is 0. The molecule has 1 unspecified atom stereocenters. The van der Waals surface area contributed by atoms with Gasteiger partial charge < -0.3 is 10.1 Å². The van der Waals surface area contributed by atoms with E-state index in [1.54, 1.807) is 12.1 Å². The molecule has 1 rings (SSSR count). The Morgan fingerprint density at radius 2 is 2.06 bits per heavy atom. The topological polar surface area (TPSA) is 21.3 Å². The number of benzene rings is 1. The van der Waals surface area contributed by atoms with Gasteiger partial charge in [0.05, 0.1) is 0 Å². The molecule has 1 atom stereocenters. The summed E-state index contributed by atoms with van der Waals surface area (Å²) in [5.41, 5.74) is 0.0682. The maximum Gasteiger partial charge on any atom is 0.126 e. The van der Waals surface area contributed by atoms with Crippen molar-refractivity contribution in [2.75, 3.05) is 6.54 Å². The predicted octanol–water partition coefficient (Wildman–Crippen LogP) is 3.37. The fourth-order valence-electron chi connectivity index (χ4n) is 1.42. The Morgan fingerprint density at radius 1 is 1.35 bits per heavy atom. The average Bonchev–Trinajstić information content (AvgIpc) is 2.23. The monoisotopic (exact) mass is 239 g/mol. The Hall–Kier alpha value is -1.09. The fourth-order valence-corrected chi connectivity index (χ4v) is 1.42. The van der Waals surface area contributed by atoms with Gasteiger partial charge in [-0.05, 0) is 39.3 Å². The lowest BCUT2D eigenvalue weighted by Gasteiger charge is -2.25. The minimum Gasteiger partial charge on any atom is -0.489 e. The number of hydrogen-bond acceptors (Lipinski definition) is 2. The lowest BCUT2D eigenvalue weighted by atomic mass is 10.1. The third-order valence-corrected chi connectivity index (χ3v) is 2.41. The number of nitrogens with one attached hydrogen (secondary N) is 1. The van der Waals surface area contributed by atoms with Crippen molar-refractivity contribution in [2.24, 2.45) is 0 Å². The third kappa shape index (κ3) is 5.68. The molecule has 96 valence electrons. The van der Waals surface area contributed by atoms with Crippen molar-refractivity contribution < 1.29 is 9.13 Å². The van der Waals surface area contributed by atoms with Crippen molar-refractivity contribution in [2.45, 2.75) is 45.8 Å². The molecular formula is C14H22FNO. The SMILES string of the molecule is CCC(CNC(C)(C)C)Oc1cccc(F)c1. The highest BCUT2D eigenvalue weighted by molar-refractivity contribution is 5.22. The summed E-state index contributed by atoms with van der Waals surface area (Å²) in [6.07, 6.45) is 0.954. The van der Waals surface area contributed by atoms with Gasteiger partial charge in [0.2, 0.25) is 0 Å². The van der Waals surface area contributed by atoms with E-state index in [2.05, 4.69) is 33.0 Å². The molecule has 0 saturated carbocycles. The van der Waals surface area contributed by atoms with Crippen LogP contribution >= 0.6 is 0 Å². The van der Waals surface area contributed by atoms with Crippen molar-refractivity contribution in [1.82, 2.24) is 5.32 Å². The van der Waals surface area contributed by atoms with Gasteiger partial charge in [-0.1, -0.05) is 13.0 Å². The standard InChI is InChI=1S/C14H22FNO/c1-5-12(10-16-14(2,3)4)17-13-8-6-7-11(15)9-13/h6-9,12,16H,5,10H2,1-4H3. The van der Waals surface area contributed by atoms with Crippen LogP contribution < -0.4 is 10.1 Å². The highest BCUT2D eigenvalue weighted by Crippen LogP contribution is 2.15. The fraction of sp³-hybridized carbons (Fsp3) is 0.571. The highest BCUT2D eigenvalue weighted by Gasteiger charge is 2.14. The van der Waals surface area contributed by atoms with Crippen molar-refractivity contribution in [3.8, 4) is 5.75 Å². The first kappa shape index (κ1) is 14.0. The van der Waals surface area contributed by atoms with Crippen LogP contribution in [0.15, 0.2) is 24.3 Å². The number of halogens is 1. The van der Waals surface area contributed by atoms with Gasteiger partial charge in [-0.2, -0.15) is 0 Å². The van der Waals surface area contributed by atoms with Gasteiger partial charge in [0, 0.05) is 18.2 Å². The van der Waals surface area contributed by atoms with Crippen LogP contribution in [0.1, 0.15) is 34.1 Å². The predicted molar refractivity (Wildman–Crippen MR) is 68.9 cm³/mol. The van der Waals surface area contributed by atoms with Crippen molar-refractivity contribution in [3.63, 3.8) is 0 Å². The summed E-state index contributed by atoms with van der Waals surface area (Å²) in [4.78, 5) is 0. The number of hydrogen-bond donors (Lipinski definition) is 1. The van der Waals surface area contributed by atoms with E-state index in [0.29, 0.717) is 5.75 Å². The van der Waals surface area contributed by atoms with Crippen LogP contribution in [0.3, 0.4) is 0 Å². The number of ether oxygens (including phenoxy) is 1. The Labute approximate surface area is 103 Å². The Kier molecular flexibility index (Phi) is 4.94. The first-order chi connectivity index (χ1) is 7.90. The van der Waals surface area contributed by atoms with Crippen LogP contribution in [-0.4, -0.2) is 18.2 Å². The smallest absolute Gasteiger partial charge is 0.126 e. The number of rotatable bonds is 5. The Morgan fingerprint density at radius 3 is 2.59 bits per heavy atom. The van der Waals surface area contributed by atoms with Crippen LogP contribution in [0, 0.1) is 5.82 Å². The van der Waals surface area contributed by atoms with Gasteiger partial charge in [-0.3, -0.25) is 0 Å². The zero-order valence-electron chi connectivity index (χ0n) is 11.1. The van der Waals surface area contributed by atoms with E-state index in [1.807, 2.05) is 0 Å². The van der Waals surface area contributed by atoms with E-state index in [-0.39, 0.29) is 17.5 Å². The van der Waals surface area contributed by atoms with E-state index in [1.165, 1.54) is 12.1 Å². The van der Waals surface area contributed by atoms with E-state index in [9.17, 15) is 4.39 Å². The lowest BCUT2D eigenvalue weighted by molar-refractivity contribution is 0.180. The summed E-state index contributed by atoms with van der Waals surface area (Å²) in [5.74, 6) is 0.327. The van der Waals surface area contributed by atoms with Gasteiger partial charge in [-0.25, -0.2) is 4.39 Å². The molecule has 1 N–H and O–H groups in total. The molecule has 1 aromatic rings. The van der Waals surface area contributed by atoms with E-state index in [0.717, 1.165) is 13.0 Å². The molecule has 0 bridgehead atoms. The summed E-state index contributed by atoms with van der Waals surface area (Å²) in [7, 11) is 0. The molecule has 17 heavy (non-hydrogen) atoms. The first-order valence-corrected chi connectivity index (χ1v) is 6.08. The summed E-state index contributed by atoms with van der Waals surface area (Å²) in [6.45, 7) is 9.16. The molecule has 0 aliphatic rings. The molecule has 0 aliphatic carbocycles. The second-order valence-electron chi connectivity index (χ2n) is 5.24. The second kappa shape index (κ2) is 6.01. The summed E-state index contributed by atoms with van der Waals surface area (Å²) in [5, 5.41) is 3.39. The zero-order valence-corrected chi connectivity index (χ0v) is 11.1. The second-order valence-corrected chi connectivity index (χ2v) is 5.24. The summed E-state index contributed by atoms with van der Waals surface area (Å²) < 4.78 is 18.7. The Balaban J connectivity index is 2.52. The maximum atomic E-state index is 13.0. The Bertz CT molecular complexity index is 346. The lowest BCUT2D eigenvalue weighted by Crippen LogP contribution is -2.42. The van der Waals surface area contributed by atoms with Crippen LogP contribution in [0.2, 0.25) is 0 Å². The average molecular weight is 239 g/mol. The van der Waals surface area contributed by atoms with Crippen molar-refractivity contribution >= 4 is 0 Å². The minimum atomic E-state index is -0.263. The zero-order chi connectivity index (χ0) is 12.9. The largest absolute Gasteiger partial charge is 0.489 e. The van der Waals surface area contributed by atoms with E-state index >= 15 is 0 Å². The molecular weight excluding hydrogens is 217 g/mol. The van der Waals surface area contributed by atoms with Crippen LogP contribution in [-0.2, 0) is 0 Å². The van der Waals surface area contributed by atoms with Gasteiger partial charge >= 0.3 is 0 Å². The highest BCUT2D eigenvalue weighted by atomic mass is 19.1. The molecule has 0 heterocycles. The quantitative estimate of drug-likeness (QED) is 0.850. The molecule has 1 aromatic carbocycles. The van der Waals surface area contributed by atoms with Crippen molar-refractivity contribution in [3.05, 3.63) is 30.1 Å². The van der Waals surface area contributed by atoms with Crippen LogP contribution in [0.25, 0.3) is 0 Å². The molecule has 0 spiro atoms. The molecule has 0 aromatic heterocycles. The molecule has 3 heteroatoms. The molecule has 0 amide bonds. The van der Waals surface area contributed by atoms with Crippen LogP contribution in [0.5, 0.6) is 5.75 Å². The molecule has 0 fully saturated rings. The minimum absolute atomic E-state index is 0.0658. The first-order valence-electron chi connectivity index (χ1n) is 6.08. The van der Waals surface area contributed by atoms with Crippen molar-refractivity contribution in [1.29, 1.82) is 0 Å². The molecule has 0 aliphatic heterocycles. The van der Waals surface area contributed by atoms with Gasteiger partial charge in [0.25, 0.3) is 0 Å². The summed E-state index contributed by atoms with van der Waals surface area (Å²) in [6, 6.07) is 6.28. The van der Waals surface area contributed by atoms with Gasteiger partial charge in [0.1, 0.15) is 17.7 Å². The van der Waals surface area contributed by atoms with Gasteiger partial charge in [0.15, 0.2) is 0 Å². The molecule has 0 radical (unpaired) electrons. The molecule has 0 saturated heterocycles. The van der Waals surface area contributed by atoms with E-state index < -0.39 is 0 Å². The normalized spacial score (nSPS) is 13.5. The van der Waals surface area contributed by atoms with E-state index in [4.69, 9.17) is 4.74 Å². The van der Waals surface area contributed by atoms with Gasteiger partial charge in [-0.15, -0.1) is 0 Å². The third-order valence-electron chi connectivity index (χ3n) is 2.41. The maximum absolute atomic E-state index is 13.0.